The van der Waals surface area contributed by atoms with Crippen molar-refractivity contribution in [1.29, 1.82) is 0 Å². The second-order valence-electron chi connectivity index (χ2n) is 4.77. The molecule has 0 unspecified atom stereocenters. The lowest BCUT2D eigenvalue weighted by Gasteiger charge is -2.06. The number of amides is 1. The summed E-state index contributed by atoms with van der Waals surface area (Å²) in [5, 5.41) is 5.51. The molecule has 0 fully saturated rings. The first-order chi connectivity index (χ1) is 10.9. The number of hydrogen-bond acceptors (Lipinski definition) is 5. The summed E-state index contributed by atoms with van der Waals surface area (Å²) in [4.78, 5) is 44.4. The molecule has 0 radical (unpaired) electrons. The number of hydrogen-bond donors (Lipinski definition) is 2. The van der Waals surface area contributed by atoms with E-state index >= 15 is 0 Å². The van der Waals surface area contributed by atoms with Gasteiger partial charge in [-0.3, -0.25) is 19.2 Å². The summed E-state index contributed by atoms with van der Waals surface area (Å²) in [7, 11) is 0. The zero-order valence-electron chi connectivity index (χ0n) is 13.0. The molecular formula is C17H18N2O4. The summed E-state index contributed by atoms with van der Waals surface area (Å²) in [6, 6.07) is 6.73. The summed E-state index contributed by atoms with van der Waals surface area (Å²) in [6.45, 7) is 2.80. The van der Waals surface area contributed by atoms with E-state index < -0.39 is 5.91 Å². The molecule has 0 aliphatic rings. The number of nitrogens with one attached hydrogen (secondary N) is 2. The summed E-state index contributed by atoms with van der Waals surface area (Å²) in [6.07, 6.45) is 4.79. The van der Waals surface area contributed by atoms with Crippen molar-refractivity contribution in [3.05, 3.63) is 48.6 Å². The average Bonchev–Trinajstić information content (AvgIpc) is 2.50. The summed E-state index contributed by atoms with van der Waals surface area (Å²) >= 11 is 0. The Labute approximate surface area is 134 Å². The number of rotatable bonds is 8. The van der Waals surface area contributed by atoms with Crippen LogP contribution in [0.15, 0.2) is 48.6 Å². The van der Waals surface area contributed by atoms with Gasteiger partial charge in [-0.15, -0.1) is 0 Å². The fourth-order valence-corrected chi connectivity index (χ4v) is 1.51. The third-order valence-corrected chi connectivity index (χ3v) is 2.59. The molecule has 0 saturated heterocycles. The quantitative estimate of drug-likeness (QED) is 0.715. The van der Waals surface area contributed by atoms with E-state index in [4.69, 9.17) is 0 Å². The van der Waals surface area contributed by atoms with E-state index in [9.17, 15) is 19.2 Å². The van der Waals surface area contributed by atoms with Crippen LogP contribution in [0.1, 0.15) is 13.8 Å². The van der Waals surface area contributed by atoms with E-state index in [2.05, 4.69) is 10.6 Å². The molecule has 1 aromatic carbocycles. The lowest BCUT2D eigenvalue weighted by molar-refractivity contribution is -0.115. The maximum Gasteiger partial charge on any atom is 0.248 e. The predicted octanol–water partition coefficient (Wildman–Crippen LogP) is 1.90. The van der Waals surface area contributed by atoms with Gasteiger partial charge in [0.15, 0.2) is 17.3 Å². The van der Waals surface area contributed by atoms with Crippen LogP contribution in [0.2, 0.25) is 0 Å². The highest BCUT2D eigenvalue weighted by molar-refractivity contribution is 6.03. The van der Waals surface area contributed by atoms with Crippen molar-refractivity contribution >= 4 is 34.6 Å². The fraction of sp³-hybridized carbons (Fsp3) is 0.176. The van der Waals surface area contributed by atoms with Gasteiger partial charge in [0.25, 0.3) is 0 Å². The lowest BCUT2D eigenvalue weighted by Crippen LogP contribution is -2.12. The minimum absolute atomic E-state index is 0.0663. The first-order valence-corrected chi connectivity index (χ1v) is 6.92. The zero-order valence-corrected chi connectivity index (χ0v) is 13.0. The Hall–Kier alpha value is -3.02. The van der Waals surface area contributed by atoms with Gasteiger partial charge in [-0.05, 0) is 56.3 Å². The van der Waals surface area contributed by atoms with Crippen molar-refractivity contribution < 1.29 is 19.2 Å². The van der Waals surface area contributed by atoms with Gasteiger partial charge in [-0.2, -0.15) is 0 Å². The molecule has 0 saturated carbocycles. The van der Waals surface area contributed by atoms with Crippen molar-refractivity contribution in [3.63, 3.8) is 0 Å². The Morgan fingerprint density at radius 2 is 1.35 bits per heavy atom. The van der Waals surface area contributed by atoms with Crippen LogP contribution in [0.25, 0.3) is 0 Å². The molecule has 1 rings (SSSR count). The van der Waals surface area contributed by atoms with Gasteiger partial charge in [-0.1, -0.05) is 0 Å². The molecule has 0 spiro atoms. The highest BCUT2D eigenvalue weighted by atomic mass is 16.2. The molecule has 6 nitrogen and oxygen atoms in total. The van der Waals surface area contributed by atoms with Crippen LogP contribution >= 0.6 is 0 Å². The molecule has 0 atom stereocenters. The number of allylic oxidation sites excluding steroid dienone is 2. The topological polar surface area (TPSA) is 92.3 Å². The van der Waals surface area contributed by atoms with E-state index in [0.29, 0.717) is 11.4 Å². The Balaban J connectivity index is 2.50. The SMILES string of the molecule is CC(=O)/C=C\C(=O)CNc1ccc(NC(=O)/C=C\C(C)=O)cc1. The average molecular weight is 314 g/mol. The highest BCUT2D eigenvalue weighted by Crippen LogP contribution is 2.13. The van der Waals surface area contributed by atoms with Gasteiger partial charge < -0.3 is 10.6 Å². The minimum Gasteiger partial charge on any atom is -0.378 e. The van der Waals surface area contributed by atoms with Crippen molar-refractivity contribution in [2.45, 2.75) is 13.8 Å². The largest absolute Gasteiger partial charge is 0.378 e. The monoisotopic (exact) mass is 314 g/mol. The second kappa shape index (κ2) is 9.09. The molecule has 2 N–H and O–H groups in total. The van der Waals surface area contributed by atoms with Gasteiger partial charge in [0, 0.05) is 17.5 Å². The molecule has 23 heavy (non-hydrogen) atoms. The van der Waals surface area contributed by atoms with E-state index in [1.165, 1.54) is 32.1 Å². The second-order valence-corrected chi connectivity index (χ2v) is 4.77. The van der Waals surface area contributed by atoms with Crippen molar-refractivity contribution in [2.75, 3.05) is 17.2 Å². The molecule has 120 valence electrons. The molecule has 6 heteroatoms. The standard InChI is InChI=1S/C17H18N2O4/c1-12(20)3-9-16(22)11-18-14-5-7-15(8-6-14)19-17(23)10-4-13(2)21/h3-10,18H,11H2,1-2H3,(H,19,23)/b9-3-,10-4-. The number of carbonyl (C=O) groups excluding carboxylic acids is 4. The van der Waals surface area contributed by atoms with Crippen LogP contribution in [0.4, 0.5) is 11.4 Å². The van der Waals surface area contributed by atoms with Crippen LogP contribution in [-0.2, 0) is 19.2 Å². The first kappa shape index (κ1) is 18.0. The number of ketones is 3. The molecule has 0 aromatic heterocycles. The number of carbonyl (C=O) groups is 4. The summed E-state index contributed by atoms with van der Waals surface area (Å²) < 4.78 is 0. The van der Waals surface area contributed by atoms with Gasteiger partial charge in [0.1, 0.15) is 0 Å². The lowest BCUT2D eigenvalue weighted by atomic mass is 10.2. The first-order valence-electron chi connectivity index (χ1n) is 6.92. The molecule has 1 aromatic rings. The molecule has 0 aliphatic heterocycles. The van der Waals surface area contributed by atoms with E-state index in [-0.39, 0.29) is 23.9 Å². The number of anilines is 2. The van der Waals surface area contributed by atoms with E-state index in [1.54, 1.807) is 24.3 Å². The van der Waals surface area contributed by atoms with Crippen LogP contribution in [0.5, 0.6) is 0 Å². The van der Waals surface area contributed by atoms with Gasteiger partial charge in [0.05, 0.1) is 6.54 Å². The van der Waals surface area contributed by atoms with Crippen LogP contribution in [0.3, 0.4) is 0 Å². The van der Waals surface area contributed by atoms with Gasteiger partial charge in [-0.25, -0.2) is 0 Å². The Morgan fingerprint density at radius 3 is 1.91 bits per heavy atom. The van der Waals surface area contributed by atoms with Crippen LogP contribution in [-0.4, -0.2) is 29.8 Å². The predicted molar refractivity (Wildman–Crippen MR) is 88.2 cm³/mol. The Bertz CT molecular complexity index is 658. The Morgan fingerprint density at radius 1 is 0.826 bits per heavy atom. The van der Waals surface area contributed by atoms with Gasteiger partial charge >= 0.3 is 0 Å². The third-order valence-electron chi connectivity index (χ3n) is 2.59. The smallest absolute Gasteiger partial charge is 0.248 e. The van der Waals surface area contributed by atoms with Crippen molar-refractivity contribution in [3.8, 4) is 0 Å². The van der Waals surface area contributed by atoms with Crippen molar-refractivity contribution in [2.24, 2.45) is 0 Å². The van der Waals surface area contributed by atoms with Gasteiger partial charge in [0.2, 0.25) is 5.91 Å². The summed E-state index contributed by atoms with van der Waals surface area (Å²) in [5.41, 5.74) is 1.27. The third kappa shape index (κ3) is 8.11. The fourth-order valence-electron chi connectivity index (χ4n) is 1.51. The number of benzene rings is 1. The minimum atomic E-state index is -0.398. The summed E-state index contributed by atoms with van der Waals surface area (Å²) in [5.74, 6) is -1.00. The van der Waals surface area contributed by atoms with Crippen LogP contribution < -0.4 is 10.6 Å². The van der Waals surface area contributed by atoms with Crippen molar-refractivity contribution in [1.82, 2.24) is 0 Å². The molecule has 0 heterocycles. The normalized spacial score (nSPS) is 10.7. The molecular weight excluding hydrogens is 296 g/mol. The van der Waals surface area contributed by atoms with E-state index in [0.717, 1.165) is 6.08 Å². The molecule has 1 amide bonds. The van der Waals surface area contributed by atoms with Crippen LogP contribution in [0, 0.1) is 0 Å². The zero-order chi connectivity index (χ0) is 17.2. The van der Waals surface area contributed by atoms with E-state index in [1.807, 2.05) is 0 Å². The molecule has 0 aliphatic carbocycles. The maximum atomic E-state index is 11.5. The maximum absolute atomic E-state index is 11.5. The molecule has 0 bridgehead atoms. The highest BCUT2D eigenvalue weighted by Gasteiger charge is 2.00. The Kier molecular flexibility index (Phi) is 7.13.